The van der Waals surface area contributed by atoms with Gasteiger partial charge in [0.2, 0.25) is 11.7 Å². The molecule has 1 amide bonds. The molecule has 7 nitrogen and oxygen atoms in total. The monoisotopic (exact) mass is 527 g/mol. The summed E-state index contributed by atoms with van der Waals surface area (Å²) in [6, 6.07) is 17.6. The van der Waals surface area contributed by atoms with Gasteiger partial charge < -0.3 is 10.5 Å². The lowest BCUT2D eigenvalue weighted by Crippen LogP contribution is -2.41. The third kappa shape index (κ3) is 5.83. The normalized spacial score (nSPS) is 11.4. The number of nitrogens with two attached hydrogens (primary N) is 1. The van der Waals surface area contributed by atoms with E-state index in [0.29, 0.717) is 27.0 Å². The van der Waals surface area contributed by atoms with Crippen LogP contribution in [0.2, 0.25) is 0 Å². The first-order valence-electron chi connectivity index (χ1n) is 11.3. The Balaban J connectivity index is 1.54. The Bertz CT molecular complexity index is 1590. The molecule has 196 valence electrons. The molecule has 38 heavy (non-hydrogen) atoms. The standard InChI is InChI=1S/C27H21F4N3O4/c28-23-15-33(26(37)34(25(23)36)14-18-5-2-4-8-22(18)27(29,30)31)13-17-9-11-20(12-10-17)38-16-19-6-1-3-7-21(19)24(32)35/h1-12,15H,13-14,16H2,(H2,32,35). The van der Waals surface area contributed by atoms with Crippen LogP contribution in [0.5, 0.6) is 5.75 Å². The average Bonchev–Trinajstić information content (AvgIpc) is 2.89. The predicted molar refractivity (Wildman–Crippen MR) is 130 cm³/mol. The van der Waals surface area contributed by atoms with E-state index in [4.69, 9.17) is 10.5 Å². The number of primary amides is 1. The zero-order valence-electron chi connectivity index (χ0n) is 19.7. The van der Waals surface area contributed by atoms with Crippen molar-refractivity contribution in [2.45, 2.75) is 25.9 Å². The Morgan fingerprint density at radius 2 is 1.50 bits per heavy atom. The van der Waals surface area contributed by atoms with Gasteiger partial charge in [-0.3, -0.25) is 18.7 Å². The average molecular weight is 527 g/mol. The Hall–Kier alpha value is -4.67. The summed E-state index contributed by atoms with van der Waals surface area (Å²) in [6.07, 6.45) is -3.99. The molecule has 0 aliphatic carbocycles. The molecule has 0 aliphatic rings. The lowest BCUT2D eigenvalue weighted by molar-refractivity contribution is -0.138. The molecule has 4 aromatic rings. The first-order valence-corrected chi connectivity index (χ1v) is 11.3. The lowest BCUT2D eigenvalue weighted by Gasteiger charge is -2.15. The number of carbonyl (C=O) groups is 1. The third-order valence-electron chi connectivity index (χ3n) is 5.80. The van der Waals surface area contributed by atoms with Crippen LogP contribution in [0.3, 0.4) is 0 Å². The van der Waals surface area contributed by atoms with Crippen LogP contribution in [0.15, 0.2) is 88.6 Å². The van der Waals surface area contributed by atoms with Crippen LogP contribution >= 0.6 is 0 Å². The molecule has 0 radical (unpaired) electrons. The van der Waals surface area contributed by atoms with Gasteiger partial charge in [-0.25, -0.2) is 4.79 Å². The molecule has 0 saturated heterocycles. The van der Waals surface area contributed by atoms with Gasteiger partial charge in [-0.05, 0) is 35.4 Å². The van der Waals surface area contributed by atoms with Gasteiger partial charge in [0, 0.05) is 11.1 Å². The Kier molecular flexibility index (Phi) is 7.47. The second kappa shape index (κ2) is 10.8. The number of rotatable bonds is 8. The van der Waals surface area contributed by atoms with Crippen molar-refractivity contribution in [1.82, 2.24) is 9.13 Å². The fourth-order valence-corrected chi connectivity index (χ4v) is 3.91. The maximum absolute atomic E-state index is 14.4. The van der Waals surface area contributed by atoms with Gasteiger partial charge in [-0.2, -0.15) is 17.6 Å². The van der Waals surface area contributed by atoms with Crippen LogP contribution < -0.4 is 21.7 Å². The van der Waals surface area contributed by atoms with E-state index >= 15 is 0 Å². The number of hydrogen-bond donors (Lipinski definition) is 1. The van der Waals surface area contributed by atoms with Crippen LogP contribution in [-0.4, -0.2) is 15.0 Å². The molecular weight excluding hydrogens is 506 g/mol. The van der Waals surface area contributed by atoms with Gasteiger partial charge in [0.05, 0.1) is 24.8 Å². The fourth-order valence-electron chi connectivity index (χ4n) is 3.91. The van der Waals surface area contributed by atoms with E-state index in [1.807, 2.05) is 0 Å². The summed E-state index contributed by atoms with van der Waals surface area (Å²) < 4.78 is 61.5. The van der Waals surface area contributed by atoms with Crippen molar-refractivity contribution in [2.24, 2.45) is 5.73 Å². The molecule has 0 aliphatic heterocycles. The predicted octanol–water partition coefficient (Wildman–Crippen LogP) is 3.94. The maximum atomic E-state index is 14.4. The van der Waals surface area contributed by atoms with Crippen molar-refractivity contribution in [3.63, 3.8) is 0 Å². The van der Waals surface area contributed by atoms with Gasteiger partial charge in [-0.1, -0.05) is 48.5 Å². The van der Waals surface area contributed by atoms with Gasteiger partial charge in [0.15, 0.2) is 0 Å². The number of carbonyl (C=O) groups excluding carboxylic acids is 1. The summed E-state index contributed by atoms with van der Waals surface area (Å²) in [5.41, 5.74) is 3.20. The van der Waals surface area contributed by atoms with Gasteiger partial charge in [0.1, 0.15) is 12.4 Å². The largest absolute Gasteiger partial charge is 0.489 e. The number of benzene rings is 3. The van der Waals surface area contributed by atoms with E-state index < -0.39 is 41.3 Å². The smallest absolute Gasteiger partial charge is 0.416 e. The minimum absolute atomic E-state index is 0.0769. The van der Waals surface area contributed by atoms with Gasteiger partial charge in [-0.15, -0.1) is 0 Å². The number of ether oxygens (including phenoxy) is 1. The number of aromatic nitrogens is 2. The highest BCUT2D eigenvalue weighted by Crippen LogP contribution is 2.32. The number of halogens is 4. The molecular formula is C27H21F4N3O4. The molecule has 0 bridgehead atoms. The quantitative estimate of drug-likeness (QED) is 0.351. The molecule has 0 unspecified atom stereocenters. The minimum atomic E-state index is -4.71. The lowest BCUT2D eigenvalue weighted by atomic mass is 10.1. The van der Waals surface area contributed by atoms with Gasteiger partial charge >= 0.3 is 11.9 Å². The topological polar surface area (TPSA) is 96.3 Å². The molecule has 3 aromatic carbocycles. The first kappa shape index (κ1) is 26.4. The Morgan fingerprint density at radius 1 is 0.868 bits per heavy atom. The highest BCUT2D eigenvalue weighted by atomic mass is 19.4. The van der Waals surface area contributed by atoms with Crippen molar-refractivity contribution in [3.05, 3.63) is 133 Å². The van der Waals surface area contributed by atoms with Crippen LogP contribution in [0.1, 0.15) is 32.6 Å². The molecule has 2 N–H and O–H groups in total. The number of hydrogen-bond acceptors (Lipinski definition) is 4. The summed E-state index contributed by atoms with van der Waals surface area (Å²) in [7, 11) is 0. The Morgan fingerprint density at radius 3 is 2.16 bits per heavy atom. The number of alkyl halides is 3. The summed E-state index contributed by atoms with van der Waals surface area (Å²) in [5, 5.41) is 0. The van der Waals surface area contributed by atoms with E-state index in [1.54, 1.807) is 48.5 Å². The maximum Gasteiger partial charge on any atom is 0.416 e. The highest BCUT2D eigenvalue weighted by Gasteiger charge is 2.33. The molecule has 0 spiro atoms. The van der Waals surface area contributed by atoms with Gasteiger partial charge in [0.25, 0.3) is 5.56 Å². The van der Waals surface area contributed by atoms with Crippen LogP contribution in [-0.2, 0) is 25.9 Å². The molecule has 0 atom stereocenters. The van der Waals surface area contributed by atoms with Crippen molar-refractivity contribution in [2.75, 3.05) is 0 Å². The minimum Gasteiger partial charge on any atom is -0.489 e. The third-order valence-corrected chi connectivity index (χ3v) is 5.80. The van der Waals surface area contributed by atoms with E-state index in [1.165, 1.54) is 12.1 Å². The molecule has 0 saturated carbocycles. The van der Waals surface area contributed by atoms with Crippen molar-refractivity contribution in [3.8, 4) is 5.75 Å². The van der Waals surface area contributed by atoms with E-state index in [0.717, 1.165) is 22.9 Å². The Labute approximate surface area is 213 Å². The van der Waals surface area contributed by atoms with Crippen LogP contribution in [0.25, 0.3) is 0 Å². The molecule has 4 rings (SSSR count). The van der Waals surface area contributed by atoms with Crippen LogP contribution in [0.4, 0.5) is 17.6 Å². The molecule has 1 aromatic heterocycles. The second-order valence-electron chi connectivity index (χ2n) is 8.39. The summed E-state index contributed by atoms with van der Waals surface area (Å²) in [4.78, 5) is 36.8. The highest BCUT2D eigenvalue weighted by molar-refractivity contribution is 5.94. The SMILES string of the molecule is NC(=O)c1ccccc1COc1ccc(Cn2cc(F)c(=O)n(Cc3ccccc3C(F)(F)F)c2=O)cc1. The number of amides is 1. The van der Waals surface area contributed by atoms with E-state index in [-0.39, 0.29) is 18.7 Å². The summed E-state index contributed by atoms with van der Waals surface area (Å²) in [6.45, 7) is -0.820. The zero-order chi connectivity index (χ0) is 27.4. The second-order valence-corrected chi connectivity index (χ2v) is 8.39. The van der Waals surface area contributed by atoms with Crippen LogP contribution in [0, 0.1) is 5.82 Å². The summed E-state index contributed by atoms with van der Waals surface area (Å²) in [5.74, 6) is -1.41. The van der Waals surface area contributed by atoms with E-state index in [9.17, 15) is 31.9 Å². The molecule has 1 heterocycles. The molecule has 11 heteroatoms. The fraction of sp³-hybridized carbons (Fsp3) is 0.148. The molecule has 0 fully saturated rings. The van der Waals surface area contributed by atoms with E-state index in [2.05, 4.69) is 0 Å². The zero-order valence-corrected chi connectivity index (χ0v) is 19.7. The van der Waals surface area contributed by atoms with Crippen molar-refractivity contribution < 1.29 is 27.1 Å². The number of nitrogens with zero attached hydrogens (tertiary/aromatic N) is 2. The van der Waals surface area contributed by atoms with Crippen molar-refractivity contribution >= 4 is 5.91 Å². The van der Waals surface area contributed by atoms with Crippen molar-refractivity contribution in [1.29, 1.82) is 0 Å². The first-order chi connectivity index (χ1) is 18.0. The summed E-state index contributed by atoms with van der Waals surface area (Å²) >= 11 is 0.